The van der Waals surface area contributed by atoms with Crippen LogP contribution in [0.3, 0.4) is 0 Å². The second-order valence-electron chi connectivity index (χ2n) is 6.15. The number of carbonyl (C=O) groups is 1. The van der Waals surface area contributed by atoms with Gasteiger partial charge < -0.3 is 4.74 Å². The van der Waals surface area contributed by atoms with E-state index in [4.69, 9.17) is 4.74 Å². The molecule has 0 aliphatic carbocycles. The van der Waals surface area contributed by atoms with Gasteiger partial charge in [-0.25, -0.2) is 14.6 Å². The van der Waals surface area contributed by atoms with Gasteiger partial charge in [-0.2, -0.15) is 5.10 Å². The van der Waals surface area contributed by atoms with Crippen molar-refractivity contribution in [2.75, 3.05) is 11.9 Å². The summed E-state index contributed by atoms with van der Waals surface area (Å²) in [5, 5.41) is 6.97. The van der Waals surface area contributed by atoms with Gasteiger partial charge in [-0.1, -0.05) is 0 Å². The lowest BCUT2D eigenvalue weighted by atomic mass is 10.1. The molecule has 1 aromatic carbocycles. The molecule has 28 heavy (non-hydrogen) atoms. The quantitative estimate of drug-likeness (QED) is 0.707. The van der Waals surface area contributed by atoms with Crippen LogP contribution in [0.2, 0.25) is 0 Å². The minimum absolute atomic E-state index is 0.188. The number of anilines is 1. The van der Waals surface area contributed by atoms with Gasteiger partial charge in [0.2, 0.25) is 5.95 Å². The number of ether oxygens (including phenoxy) is 1. The lowest BCUT2D eigenvalue weighted by Gasteiger charge is -2.14. The van der Waals surface area contributed by atoms with Crippen molar-refractivity contribution in [1.29, 1.82) is 0 Å². The summed E-state index contributed by atoms with van der Waals surface area (Å²) in [6, 6.07) is 11.3. The molecule has 0 saturated heterocycles. The van der Waals surface area contributed by atoms with E-state index in [2.05, 4.69) is 20.4 Å². The van der Waals surface area contributed by atoms with E-state index < -0.39 is 11.9 Å². The highest BCUT2D eigenvalue weighted by Gasteiger charge is 2.19. The molecule has 0 aliphatic heterocycles. The van der Waals surface area contributed by atoms with Gasteiger partial charge >= 0.3 is 0 Å². The van der Waals surface area contributed by atoms with E-state index in [1.54, 1.807) is 32.2 Å². The zero-order valence-corrected chi connectivity index (χ0v) is 15.9. The summed E-state index contributed by atoms with van der Waals surface area (Å²) >= 11 is 0. The van der Waals surface area contributed by atoms with E-state index in [1.165, 1.54) is 6.07 Å². The van der Waals surface area contributed by atoms with Crippen molar-refractivity contribution in [2.24, 2.45) is 0 Å². The van der Waals surface area contributed by atoms with Crippen LogP contribution in [0.15, 0.2) is 53.5 Å². The second-order valence-corrected chi connectivity index (χ2v) is 6.15. The molecule has 0 spiro atoms. The van der Waals surface area contributed by atoms with E-state index in [1.807, 2.05) is 31.2 Å². The maximum absolute atomic E-state index is 12.5. The van der Waals surface area contributed by atoms with Gasteiger partial charge in [0.25, 0.3) is 11.5 Å². The molecule has 0 saturated carbocycles. The van der Waals surface area contributed by atoms with Crippen molar-refractivity contribution in [3.8, 4) is 17.0 Å². The van der Waals surface area contributed by atoms with Crippen LogP contribution in [0.1, 0.15) is 25.6 Å². The number of carbonyl (C=O) groups excluding carboxylic acids is 1. The highest BCUT2D eigenvalue weighted by Crippen LogP contribution is 2.20. The summed E-state index contributed by atoms with van der Waals surface area (Å²) in [6.07, 6.45) is 1.56. The Morgan fingerprint density at radius 3 is 2.61 bits per heavy atom. The minimum atomic E-state index is -0.834. The summed E-state index contributed by atoms with van der Waals surface area (Å²) in [5.41, 5.74) is 1.74. The standard InChI is InChI=1S/C20H21N5O3/c1-4-28-16-7-5-15(6-8-16)17-9-10-18(26)25(24-17)14(3)19(27)23-20-21-12-11-13(2)22-20/h5-12,14H,4H2,1-3H3,(H,21,22,23,27). The number of benzene rings is 1. The summed E-state index contributed by atoms with van der Waals surface area (Å²) in [6.45, 7) is 5.90. The third-order valence-corrected chi connectivity index (χ3v) is 4.06. The predicted octanol–water partition coefficient (Wildman–Crippen LogP) is 2.61. The Kier molecular flexibility index (Phi) is 5.78. The fraction of sp³-hybridized carbons (Fsp3) is 0.250. The van der Waals surface area contributed by atoms with Crippen LogP contribution in [0, 0.1) is 6.92 Å². The molecule has 0 fully saturated rings. The largest absolute Gasteiger partial charge is 0.494 e. The van der Waals surface area contributed by atoms with Gasteiger partial charge in [-0.05, 0) is 57.2 Å². The first-order chi connectivity index (χ1) is 13.5. The summed E-state index contributed by atoms with van der Waals surface area (Å²) < 4.78 is 6.58. The van der Waals surface area contributed by atoms with Gasteiger partial charge in [0, 0.05) is 23.5 Å². The zero-order chi connectivity index (χ0) is 20.1. The zero-order valence-electron chi connectivity index (χ0n) is 15.9. The van der Waals surface area contributed by atoms with Crippen LogP contribution in [0.25, 0.3) is 11.3 Å². The molecule has 0 aliphatic rings. The summed E-state index contributed by atoms with van der Waals surface area (Å²) in [5.74, 6) is 0.516. The van der Waals surface area contributed by atoms with Crippen LogP contribution < -0.4 is 15.6 Å². The molecule has 8 heteroatoms. The molecule has 2 aromatic heterocycles. The Hall–Kier alpha value is -3.55. The van der Waals surface area contributed by atoms with Crippen LogP contribution in [0.5, 0.6) is 5.75 Å². The van der Waals surface area contributed by atoms with Gasteiger partial charge in [-0.15, -0.1) is 0 Å². The van der Waals surface area contributed by atoms with Gasteiger partial charge in [0.1, 0.15) is 11.8 Å². The fourth-order valence-electron chi connectivity index (χ4n) is 2.58. The number of hydrogen-bond acceptors (Lipinski definition) is 6. The number of aromatic nitrogens is 4. The first-order valence-corrected chi connectivity index (χ1v) is 8.91. The Labute approximate surface area is 162 Å². The average molecular weight is 379 g/mol. The number of rotatable bonds is 6. The molecular weight excluding hydrogens is 358 g/mol. The SMILES string of the molecule is CCOc1ccc(-c2ccc(=O)n(C(C)C(=O)Nc3nccc(C)n3)n2)cc1. The van der Waals surface area contributed by atoms with Gasteiger partial charge in [0.15, 0.2) is 0 Å². The summed E-state index contributed by atoms with van der Waals surface area (Å²) in [4.78, 5) is 32.9. The van der Waals surface area contributed by atoms with Crippen LogP contribution in [0.4, 0.5) is 5.95 Å². The van der Waals surface area contributed by atoms with Crippen molar-refractivity contribution in [3.63, 3.8) is 0 Å². The predicted molar refractivity (Wildman–Crippen MR) is 105 cm³/mol. The average Bonchev–Trinajstić information content (AvgIpc) is 2.69. The number of amides is 1. The van der Waals surface area contributed by atoms with Crippen molar-refractivity contribution in [3.05, 3.63) is 64.7 Å². The summed E-state index contributed by atoms with van der Waals surface area (Å²) in [7, 11) is 0. The second kappa shape index (κ2) is 8.43. The number of aryl methyl sites for hydroxylation is 1. The van der Waals surface area contributed by atoms with Crippen LogP contribution in [-0.2, 0) is 4.79 Å². The highest BCUT2D eigenvalue weighted by atomic mass is 16.5. The molecule has 0 radical (unpaired) electrons. The first-order valence-electron chi connectivity index (χ1n) is 8.91. The van der Waals surface area contributed by atoms with Crippen LogP contribution in [-0.4, -0.2) is 32.3 Å². The van der Waals surface area contributed by atoms with Crippen molar-refractivity contribution >= 4 is 11.9 Å². The Bertz CT molecular complexity index is 1030. The fourth-order valence-corrected chi connectivity index (χ4v) is 2.58. The molecule has 0 bridgehead atoms. The van der Waals surface area contributed by atoms with E-state index in [9.17, 15) is 9.59 Å². The molecule has 3 rings (SSSR count). The Morgan fingerprint density at radius 1 is 1.18 bits per heavy atom. The monoisotopic (exact) mass is 379 g/mol. The van der Waals surface area contributed by atoms with Crippen molar-refractivity contribution < 1.29 is 9.53 Å². The third kappa shape index (κ3) is 4.40. The molecule has 8 nitrogen and oxygen atoms in total. The number of nitrogens with zero attached hydrogens (tertiary/aromatic N) is 4. The minimum Gasteiger partial charge on any atom is -0.494 e. The lowest BCUT2D eigenvalue weighted by molar-refractivity contribution is -0.119. The maximum Gasteiger partial charge on any atom is 0.267 e. The molecule has 1 amide bonds. The Morgan fingerprint density at radius 2 is 1.93 bits per heavy atom. The molecular formula is C20H21N5O3. The molecule has 1 N–H and O–H groups in total. The molecule has 1 atom stereocenters. The number of hydrogen-bond donors (Lipinski definition) is 1. The molecule has 3 aromatic rings. The normalized spacial score (nSPS) is 11.7. The van der Waals surface area contributed by atoms with Gasteiger partial charge in [-0.3, -0.25) is 14.9 Å². The molecule has 2 heterocycles. The highest BCUT2D eigenvalue weighted by molar-refractivity contribution is 5.91. The van der Waals surface area contributed by atoms with E-state index in [0.717, 1.165) is 21.7 Å². The van der Waals surface area contributed by atoms with Gasteiger partial charge in [0.05, 0.1) is 12.3 Å². The number of nitrogens with one attached hydrogen (secondary N) is 1. The third-order valence-electron chi connectivity index (χ3n) is 4.06. The topological polar surface area (TPSA) is 99.0 Å². The first kappa shape index (κ1) is 19.2. The van der Waals surface area contributed by atoms with E-state index in [-0.39, 0.29) is 11.5 Å². The molecule has 1 unspecified atom stereocenters. The molecule has 144 valence electrons. The smallest absolute Gasteiger partial charge is 0.267 e. The Balaban J connectivity index is 1.84. The lowest BCUT2D eigenvalue weighted by Crippen LogP contribution is -2.33. The maximum atomic E-state index is 12.5. The van der Waals surface area contributed by atoms with E-state index in [0.29, 0.717) is 12.3 Å². The van der Waals surface area contributed by atoms with Crippen molar-refractivity contribution in [1.82, 2.24) is 19.7 Å². The van der Waals surface area contributed by atoms with Crippen molar-refractivity contribution in [2.45, 2.75) is 26.8 Å². The van der Waals surface area contributed by atoms with Crippen LogP contribution >= 0.6 is 0 Å². The van der Waals surface area contributed by atoms with E-state index >= 15 is 0 Å².